The highest BCUT2D eigenvalue weighted by Crippen LogP contribution is 2.29. The van der Waals surface area contributed by atoms with Crippen LogP contribution < -0.4 is 16.2 Å². The number of benzene rings is 1. The Morgan fingerprint density at radius 1 is 1.19 bits per heavy atom. The average Bonchev–Trinajstić information content (AvgIpc) is 3.35. The van der Waals surface area contributed by atoms with Gasteiger partial charge in [-0.2, -0.15) is 0 Å². The standard InChI is InChI=1S/C20H23N3O3/c1-12-9-17(12)22-18(24)15-10-16(19(25)21-3)20(26)23(11-15)13(2)14-7-5-4-6-8-14/h4-8,10-13,17H,9H2,1-3H3,(H,21,25)(H,22,24)/t12?,13-,17?/m1/s1. The van der Waals surface area contributed by atoms with Crippen molar-refractivity contribution in [3.05, 3.63) is 69.6 Å². The van der Waals surface area contributed by atoms with E-state index < -0.39 is 11.5 Å². The smallest absolute Gasteiger partial charge is 0.264 e. The lowest BCUT2D eigenvalue weighted by atomic mass is 10.1. The maximum atomic E-state index is 12.8. The SMILES string of the molecule is CNC(=O)c1cc(C(=O)NC2CC2C)cn([C@H](C)c2ccccc2)c1=O. The summed E-state index contributed by atoms with van der Waals surface area (Å²) in [5, 5.41) is 5.41. The first kappa shape index (κ1) is 17.9. The quantitative estimate of drug-likeness (QED) is 0.862. The van der Waals surface area contributed by atoms with E-state index in [1.54, 1.807) is 0 Å². The highest BCUT2D eigenvalue weighted by atomic mass is 16.2. The van der Waals surface area contributed by atoms with Gasteiger partial charge in [-0.3, -0.25) is 14.4 Å². The molecule has 136 valence electrons. The molecule has 2 aromatic rings. The van der Waals surface area contributed by atoms with Gasteiger partial charge in [0.05, 0.1) is 11.6 Å². The maximum Gasteiger partial charge on any atom is 0.264 e. The molecule has 3 rings (SSSR count). The van der Waals surface area contributed by atoms with E-state index in [9.17, 15) is 14.4 Å². The first-order chi connectivity index (χ1) is 12.4. The minimum Gasteiger partial charge on any atom is -0.355 e. The molecule has 2 unspecified atom stereocenters. The third kappa shape index (κ3) is 3.54. The molecule has 1 aromatic heterocycles. The van der Waals surface area contributed by atoms with Gasteiger partial charge in [-0.1, -0.05) is 37.3 Å². The summed E-state index contributed by atoms with van der Waals surface area (Å²) >= 11 is 0. The summed E-state index contributed by atoms with van der Waals surface area (Å²) in [4.78, 5) is 37.5. The van der Waals surface area contributed by atoms with E-state index >= 15 is 0 Å². The van der Waals surface area contributed by atoms with Crippen LogP contribution in [0.2, 0.25) is 0 Å². The van der Waals surface area contributed by atoms with Gasteiger partial charge in [-0.05, 0) is 30.9 Å². The fourth-order valence-corrected chi connectivity index (χ4v) is 2.98. The molecule has 0 radical (unpaired) electrons. The Hall–Kier alpha value is -2.89. The van der Waals surface area contributed by atoms with Crippen LogP contribution in [0.4, 0.5) is 0 Å². The topological polar surface area (TPSA) is 80.2 Å². The first-order valence-corrected chi connectivity index (χ1v) is 8.76. The molecule has 2 N–H and O–H groups in total. The zero-order valence-electron chi connectivity index (χ0n) is 15.2. The van der Waals surface area contributed by atoms with Crippen LogP contribution in [-0.4, -0.2) is 29.5 Å². The summed E-state index contributed by atoms with van der Waals surface area (Å²) in [6.07, 6.45) is 2.49. The fraction of sp³-hybridized carbons (Fsp3) is 0.350. The molecule has 2 amide bonds. The van der Waals surface area contributed by atoms with E-state index in [0.717, 1.165) is 12.0 Å². The number of hydrogen-bond acceptors (Lipinski definition) is 3. The zero-order chi connectivity index (χ0) is 18.8. The second-order valence-electron chi connectivity index (χ2n) is 6.81. The van der Waals surface area contributed by atoms with Crippen LogP contribution in [0.5, 0.6) is 0 Å². The lowest BCUT2D eigenvalue weighted by molar-refractivity contribution is 0.0948. The van der Waals surface area contributed by atoms with E-state index in [1.807, 2.05) is 37.3 Å². The molecule has 0 spiro atoms. The number of nitrogens with zero attached hydrogens (tertiary/aromatic N) is 1. The van der Waals surface area contributed by atoms with E-state index in [0.29, 0.717) is 11.5 Å². The number of aromatic nitrogens is 1. The fourth-order valence-electron chi connectivity index (χ4n) is 2.98. The van der Waals surface area contributed by atoms with E-state index in [4.69, 9.17) is 0 Å². The summed E-state index contributed by atoms with van der Waals surface area (Å²) < 4.78 is 1.45. The summed E-state index contributed by atoms with van der Waals surface area (Å²) in [6, 6.07) is 10.7. The van der Waals surface area contributed by atoms with Crippen LogP contribution in [-0.2, 0) is 0 Å². The number of hydrogen-bond donors (Lipinski definition) is 2. The molecule has 6 nitrogen and oxygen atoms in total. The Morgan fingerprint density at radius 2 is 1.85 bits per heavy atom. The lowest BCUT2D eigenvalue weighted by Gasteiger charge is -2.18. The van der Waals surface area contributed by atoms with Crippen molar-refractivity contribution in [3.63, 3.8) is 0 Å². The molecule has 1 aliphatic rings. The summed E-state index contributed by atoms with van der Waals surface area (Å²) in [6.45, 7) is 3.94. The summed E-state index contributed by atoms with van der Waals surface area (Å²) in [5.41, 5.74) is 0.778. The predicted molar refractivity (Wildman–Crippen MR) is 99.4 cm³/mol. The Kier molecular flexibility index (Phi) is 4.93. The third-order valence-electron chi connectivity index (χ3n) is 4.90. The molecule has 0 aliphatic heterocycles. The van der Waals surface area contributed by atoms with E-state index in [2.05, 4.69) is 17.6 Å². The van der Waals surface area contributed by atoms with Gasteiger partial charge in [0, 0.05) is 19.3 Å². The summed E-state index contributed by atoms with van der Waals surface area (Å²) in [5.74, 6) is -0.302. The predicted octanol–water partition coefficient (Wildman–Crippen LogP) is 1.96. The average molecular weight is 353 g/mol. The van der Waals surface area contributed by atoms with Crippen molar-refractivity contribution < 1.29 is 9.59 Å². The van der Waals surface area contributed by atoms with Crippen molar-refractivity contribution in [2.24, 2.45) is 5.92 Å². The van der Waals surface area contributed by atoms with Crippen LogP contribution in [0.1, 0.15) is 52.6 Å². The molecule has 0 bridgehead atoms. The van der Waals surface area contributed by atoms with Crippen molar-refractivity contribution in [2.45, 2.75) is 32.4 Å². The normalized spacial score (nSPS) is 19.5. The first-order valence-electron chi connectivity index (χ1n) is 8.76. The molecule has 1 heterocycles. The van der Waals surface area contributed by atoms with Crippen molar-refractivity contribution in [1.82, 2.24) is 15.2 Å². The van der Waals surface area contributed by atoms with Gasteiger partial charge in [-0.25, -0.2) is 0 Å². The Labute approximate surface area is 152 Å². The van der Waals surface area contributed by atoms with Crippen molar-refractivity contribution in [1.29, 1.82) is 0 Å². The molecule has 6 heteroatoms. The molecule has 1 saturated carbocycles. The molecule has 1 fully saturated rings. The van der Waals surface area contributed by atoms with Crippen LogP contribution in [0.3, 0.4) is 0 Å². The second-order valence-corrected chi connectivity index (χ2v) is 6.81. The minimum atomic E-state index is -0.501. The zero-order valence-corrected chi connectivity index (χ0v) is 15.2. The highest BCUT2D eigenvalue weighted by molar-refractivity contribution is 5.99. The number of rotatable bonds is 5. The van der Waals surface area contributed by atoms with Crippen molar-refractivity contribution in [2.75, 3.05) is 7.05 Å². The highest BCUT2D eigenvalue weighted by Gasteiger charge is 2.34. The number of carbonyl (C=O) groups is 2. The molecular weight excluding hydrogens is 330 g/mol. The van der Waals surface area contributed by atoms with Gasteiger partial charge in [0.1, 0.15) is 5.56 Å². The molecule has 1 aliphatic carbocycles. The van der Waals surface area contributed by atoms with Gasteiger partial charge in [0.25, 0.3) is 17.4 Å². The monoisotopic (exact) mass is 353 g/mol. The summed E-state index contributed by atoms with van der Waals surface area (Å²) in [7, 11) is 1.46. The van der Waals surface area contributed by atoms with E-state index in [1.165, 1.54) is 23.9 Å². The second kappa shape index (κ2) is 7.15. The van der Waals surface area contributed by atoms with Gasteiger partial charge in [0.15, 0.2) is 0 Å². The van der Waals surface area contributed by atoms with Crippen LogP contribution in [0, 0.1) is 5.92 Å². The molecule has 26 heavy (non-hydrogen) atoms. The largest absolute Gasteiger partial charge is 0.355 e. The van der Waals surface area contributed by atoms with Gasteiger partial charge in [-0.15, -0.1) is 0 Å². The van der Waals surface area contributed by atoms with Gasteiger partial charge < -0.3 is 15.2 Å². The molecule has 0 saturated heterocycles. The number of amides is 2. The molecular formula is C20H23N3O3. The van der Waals surface area contributed by atoms with Crippen LogP contribution in [0.25, 0.3) is 0 Å². The molecule has 3 atom stereocenters. The molecule has 1 aromatic carbocycles. The van der Waals surface area contributed by atoms with Crippen molar-refractivity contribution in [3.8, 4) is 0 Å². The Morgan fingerprint density at radius 3 is 2.42 bits per heavy atom. The van der Waals surface area contributed by atoms with Gasteiger partial charge in [0.2, 0.25) is 0 Å². The lowest BCUT2D eigenvalue weighted by Crippen LogP contribution is -2.35. The Bertz CT molecular complexity index is 889. The number of carbonyl (C=O) groups excluding carboxylic acids is 2. The maximum absolute atomic E-state index is 12.8. The van der Waals surface area contributed by atoms with Crippen LogP contribution in [0.15, 0.2) is 47.4 Å². The van der Waals surface area contributed by atoms with E-state index in [-0.39, 0.29) is 23.6 Å². The third-order valence-corrected chi connectivity index (χ3v) is 4.90. The van der Waals surface area contributed by atoms with Crippen LogP contribution >= 0.6 is 0 Å². The minimum absolute atomic E-state index is 0.0354. The van der Waals surface area contributed by atoms with Gasteiger partial charge >= 0.3 is 0 Å². The number of pyridine rings is 1. The Balaban J connectivity index is 2.04. The van der Waals surface area contributed by atoms with Crippen molar-refractivity contribution >= 4 is 11.8 Å². The number of nitrogens with one attached hydrogen (secondary N) is 2.